The fraction of sp³-hybridized carbons (Fsp3) is 0.833. The van der Waals surface area contributed by atoms with Crippen LogP contribution in [0, 0.1) is 16.7 Å². The van der Waals surface area contributed by atoms with Crippen molar-refractivity contribution in [2.45, 2.75) is 20.3 Å². The first-order valence-electron chi connectivity index (χ1n) is 2.69. The van der Waals surface area contributed by atoms with E-state index in [9.17, 15) is 0 Å². The van der Waals surface area contributed by atoms with Crippen LogP contribution in [0.2, 0.25) is 0 Å². The molecule has 0 rings (SSSR count). The third-order valence-corrected chi connectivity index (χ3v) is 1.11. The molecule has 2 nitrogen and oxygen atoms in total. The molecule has 0 saturated carbocycles. The Morgan fingerprint density at radius 3 is 2.25 bits per heavy atom. The Morgan fingerprint density at radius 1 is 1.62 bits per heavy atom. The number of nitrogens with zero attached hydrogens (tertiary/aromatic N) is 1. The van der Waals surface area contributed by atoms with E-state index in [4.69, 9.17) is 11.0 Å². The lowest BCUT2D eigenvalue weighted by molar-refractivity contribution is 0.389. The molecule has 0 radical (unpaired) electrons. The van der Waals surface area contributed by atoms with Gasteiger partial charge in [0.25, 0.3) is 0 Å². The Balaban J connectivity index is 3.58. The zero-order chi connectivity index (χ0) is 6.62. The number of nitrogens with two attached hydrogens (primary N) is 1. The molecule has 0 aliphatic carbocycles. The first-order valence-corrected chi connectivity index (χ1v) is 2.69. The van der Waals surface area contributed by atoms with E-state index in [1.165, 1.54) is 0 Å². The van der Waals surface area contributed by atoms with Gasteiger partial charge >= 0.3 is 0 Å². The van der Waals surface area contributed by atoms with E-state index in [0.717, 1.165) is 0 Å². The van der Waals surface area contributed by atoms with Crippen LogP contribution >= 0.6 is 0 Å². The average molecular weight is 112 g/mol. The van der Waals surface area contributed by atoms with Crippen molar-refractivity contribution in [3.8, 4) is 6.07 Å². The second-order valence-corrected chi connectivity index (χ2v) is 2.70. The summed E-state index contributed by atoms with van der Waals surface area (Å²) >= 11 is 0. The zero-order valence-electron chi connectivity index (χ0n) is 5.44. The van der Waals surface area contributed by atoms with Gasteiger partial charge in [-0.15, -0.1) is 0 Å². The van der Waals surface area contributed by atoms with E-state index in [0.29, 0.717) is 13.0 Å². The van der Waals surface area contributed by atoms with Crippen molar-refractivity contribution in [3.63, 3.8) is 0 Å². The Kier molecular flexibility index (Phi) is 2.50. The maximum Gasteiger partial charge on any atom is 0.0627 e. The van der Waals surface area contributed by atoms with Crippen molar-refractivity contribution in [3.05, 3.63) is 0 Å². The summed E-state index contributed by atoms with van der Waals surface area (Å²) in [5, 5.41) is 8.23. The van der Waals surface area contributed by atoms with Crippen molar-refractivity contribution in [2.75, 3.05) is 6.54 Å². The summed E-state index contributed by atoms with van der Waals surface area (Å²) in [5.41, 5.74) is 5.35. The molecule has 0 amide bonds. The molecule has 2 heteroatoms. The van der Waals surface area contributed by atoms with Crippen LogP contribution in [0.15, 0.2) is 0 Å². The Hall–Kier alpha value is -0.550. The van der Waals surface area contributed by atoms with Crippen molar-refractivity contribution >= 4 is 0 Å². The van der Waals surface area contributed by atoms with Gasteiger partial charge in [-0.05, 0) is 12.0 Å². The zero-order valence-corrected chi connectivity index (χ0v) is 5.44. The molecule has 0 unspecified atom stereocenters. The van der Waals surface area contributed by atoms with Crippen LogP contribution in [-0.4, -0.2) is 6.54 Å². The normalized spacial score (nSPS) is 10.8. The van der Waals surface area contributed by atoms with Gasteiger partial charge in [0.15, 0.2) is 0 Å². The minimum atomic E-state index is 0.00868. The second kappa shape index (κ2) is 2.68. The highest BCUT2D eigenvalue weighted by molar-refractivity contribution is 4.82. The highest BCUT2D eigenvalue weighted by Gasteiger charge is 2.13. The van der Waals surface area contributed by atoms with Crippen LogP contribution in [0.1, 0.15) is 20.3 Å². The van der Waals surface area contributed by atoms with Gasteiger partial charge in [0.2, 0.25) is 0 Å². The van der Waals surface area contributed by atoms with E-state index >= 15 is 0 Å². The van der Waals surface area contributed by atoms with Gasteiger partial charge in [-0.3, -0.25) is 0 Å². The Bertz CT molecular complexity index is 99.6. The summed E-state index contributed by atoms with van der Waals surface area (Å²) in [4.78, 5) is 0. The lowest BCUT2D eigenvalue weighted by Crippen LogP contribution is -2.22. The molecule has 0 heterocycles. The number of hydrogen-bond donors (Lipinski definition) is 1. The summed E-state index contributed by atoms with van der Waals surface area (Å²) in [6.07, 6.45) is 0.545. The molecule has 0 aromatic rings. The standard InChI is InChI=1S/C6H12N2/c1-6(2,5-8)3-4-7/h3,5,8H2,1-2H3. The SMILES string of the molecule is CC(C)(CN)CC#N. The van der Waals surface area contributed by atoms with Crippen LogP contribution in [0.5, 0.6) is 0 Å². The molecule has 0 bridgehead atoms. The lowest BCUT2D eigenvalue weighted by Gasteiger charge is -2.16. The molecule has 0 spiro atoms. The largest absolute Gasteiger partial charge is 0.330 e. The quantitative estimate of drug-likeness (QED) is 0.576. The highest BCUT2D eigenvalue weighted by atomic mass is 14.6. The van der Waals surface area contributed by atoms with Gasteiger partial charge in [-0.25, -0.2) is 0 Å². The van der Waals surface area contributed by atoms with Gasteiger partial charge in [0.05, 0.1) is 6.07 Å². The topological polar surface area (TPSA) is 49.8 Å². The van der Waals surface area contributed by atoms with Crippen molar-refractivity contribution in [1.29, 1.82) is 5.26 Å². The first-order chi connectivity index (χ1) is 3.62. The molecular weight excluding hydrogens is 100 g/mol. The van der Waals surface area contributed by atoms with Crippen LogP contribution in [-0.2, 0) is 0 Å². The van der Waals surface area contributed by atoms with E-state index in [1.54, 1.807) is 0 Å². The lowest BCUT2D eigenvalue weighted by atomic mass is 9.91. The fourth-order valence-electron chi connectivity index (χ4n) is 0.286. The van der Waals surface area contributed by atoms with E-state index in [2.05, 4.69) is 6.07 Å². The molecule has 0 atom stereocenters. The summed E-state index contributed by atoms with van der Waals surface area (Å²) in [7, 11) is 0. The molecule has 8 heavy (non-hydrogen) atoms. The third-order valence-electron chi connectivity index (χ3n) is 1.11. The Labute approximate surface area is 50.3 Å². The average Bonchev–Trinajstić information content (AvgIpc) is 1.67. The molecule has 0 aromatic carbocycles. The van der Waals surface area contributed by atoms with Gasteiger partial charge in [-0.1, -0.05) is 13.8 Å². The summed E-state index contributed by atoms with van der Waals surface area (Å²) in [6, 6.07) is 2.08. The monoisotopic (exact) mass is 112 g/mol. The summed E-state index contributed by atoms with van der Waals surface area (Å²) in [6.45, 7) is 4.55. The van der Waals surface area contributed by atoms with Gasteiger partial charge in [-0.2, -0.15) is 5.26 Å². The molecule has 0 aliphatic rings. The minimum Gasteiger partial charge on any atom is -0.330 e. The third kappa shape index (κ3) is 2.59. The van der Waals surface area contributed by atoms with Crippen molar-refractivity contribution < 1.29 is 0 Å². The number of hydrogen-bond acceptors (Lipinski definition) is 2. The number of rotatable bonds is 2. The second-order valence-electron chi connectivity index (χ2n) is 2.70. The predicted octanol–water partition coefficient (Wildman–Crippen LogP) is 0.885. The van der Waals surface area contributed by atoms with E-state index in [1.807, 2.05) is 13.8 Å². The minimum absolute atomic E-state index is 0.00868. The molecule has 2 N–H and O–H groups in total. The fourth-order valence-corrected chi connectivity index (χ4v) is 0.286. The number of nitriles is 1. The molecule has 0 saturated heterocycles. The Morgan fingerprint density at radius 2 is 2.12 bits per heavy atom. The van der Waals surface area contributed by atoms with E-state index in [-0.39, 0.29) is 5.41 Å². The highest BCUT2D eigenvalue weighted by Crippen LogP contribution is 2.15. The van der Waals surface area contributed by atoms with Gasteiger partial charge < -0.3 is 5.73 Å². The maximum absolute atomic E-state index is 8.23. The van der Waals surface area contributed by atoms with Gasteiger partial charge in [0.1, 0.15) is 0 Å². The van der Waals surface area contributed by atoms with Crippen molar-refractivity contribution in [2.24, 2.45) is 11.1 Å². The van der Waals surface area contributed by atoms with E-state index < -0.39 is 0 Å². The van der Waals surface area contributed by atoms with Gasteiger partial charge in [0, 0.05) is 6.42 Å². The molecule has 0 aliphatic heterocycles. The summed E-state index contributed by atoms with van der Waals surface area (Å²) < 4.78 is 0. The van der Waals surface area contributed by atoms with Crippen LogP contribution < -0.4 is 5.73 Å². The van der Waals surface area contributed by atoms with Crippen LogP contribution in [0.4, 0.5) is 0 Å². The van der Waals surface area contributed by atoms with Crippen LogP contribution in [0.25, 0.3) is 0 Å². The molecule has 46 valence electrons. The molecule has 0 aromatic heterocycles. The molecular formula is C6H12N2. The molecule has 0 fully saturated rings. The van der Waals surface area contributed by atoms with Crippen molar-refractivity contribution in [1.82, 2.24) is 0 Å². The summed E-state index contributed by atoms with van der Waals surface area (Å²) in [5.74, 6) is 0. The smallest absolute Gasteiger partial charge is 0.0627 e. The van der Waals surface area contributed by atoms with Crippen LogP contribution in [0.3, 0.4) is 0 Å². The predicted molar refractivity (Wildman–Crippen MR) is 33.1 cm³/mol. The first kappa shape index (κ1) is 7.45. The maximum atomic E-state index is 8.23.